The van der Waals surface area contributed by atoms with Crippen LogP contribution in [0, 0.1) is 6.92 Å². The molecule has 2 amide bonds. The predicted molar refractivity (Wildman–Crippen MR) is 95.1 cm³/mol. The lowest BCUT2D eigenvalue weighted by molar-refractivity contribution is -0.130. The number of primary amides is 1. The normalized spacial score (nSPS) is 19.8. The van der Waals surface area contributed by atoms with E-state index in [4.69, 9.17) is 5.73 Å². The molecule has 1 aliphatic heterocycles. The van der Waals surface area contributed by atoms with Gasteiger partial charge in [-0.15, -0.1) is 0 Å². The van der Waals surface area contributed by atoms with Crippen LogP contribution in [0.3, 0.4) is 0 Å². The number of aromatic hydroxyl groups is 1. The number of rotatable bonds is 4. The molecule has 1 atom stereocenters. The van der Waals surface area contributed by atoms with Crippen LogP contribution in [0.25, 0.3) is 0 Å². The number of nitrogens with zero attached hydrogens (tertiary/aromatic N) is 1. The van der Waals surface area contributed by atoms with Crippen molar-refractivity contribution in [3.63, 3.8) is 0 Å². The average Bonchev–Trinajstić information content (AvgIpc) is 3.05. The van der Waals surface area contributed by atoms with Crippen LogP contribution < -0.4 is 5.73 Å². The summed E-state index contributed by atoms with van der Waals surface area (Å²) in [6, 6.07) is 14.4. The molecule has 0 saturated carbocycles. The van der Waals surface area contributed by atoms with E-state index in [1.807, 2.05) is 37.3 Å². The molecule has 1 unspecified atom stereocenters. The Morgan fingerprint density at radius 2 is 1.92 bits per heavy atom. The van der Waals surface area contributed by atoms with Gasteiger partial charge in [-0.25, -0.2) is 0 Å². The molecule has 3 rings (SSSR count). The van der Waals surface area contributed by atoms with E-state index in [9.17, 15) is 14.7 Å². The number of hydrogen-bond donors (Lipinski definition) is 2. The van der Waals surface area contributed by atoms with Gasteiger partial charge in [0.1, 0.15) is 5.75 Å². The minimum atomic E-state index is -0.819. The number of phenols is 1. The highest BCUT2D eigenvalue weighted by molar-refractivity contribution is 5.89. The van der Waals surface area contributed by atoms with Crippen molar-refractivity contribution in [2.75, 3.05) is 13.1 Å². The molecule has 1 aliphatic rings. The van der Waals surface area contributed by atoms with Crippen molar-refractivity contribution in [3.05, 3.63) is 65.2 Å². The van der Waals surface area contributed by atoms with Crippen LogP contribution >= 0.6 is 0 Å². The second-order valence-electron chi connectivity index (χ2n) is 6.67. The Labute approximate surface area is 147 Å². The number of carbonyl (C=O) groups excluding carboxylic acids is 2. The van der Waals surface area contributed by atoms with Crippen LogP contribution in [0.5, 0.6) is 5.75 Å². The molecule has 3 N–H and O–H groups in total. The Balaban J connectivity index is 1.79. The quantitative estimate of drug-likeness (QED) is 0.893. The van der Waals surface area contributed by atoms with E-state index in [1.54, 1.807) is 23.1 Å². The molecule has 0 aliphatic carbocycles. The van der Waals surface area contributed by atoms with E-state index in [0.717, 1.165) is 16.7 Å². The Bertz CT molecular complexity index is 804. The maximum Gasteiger partial charge on any atom is 0.229 e. The number of hydrogen-bond acceptors (Lipinski definition) is 3. The van der Waals surface area contributed by atoms with Gasteiger partial charge in [0.15, 0.2) is 0 Å². The zero-order chi connectivity index (χ0) is 18.0. The van der Waals surface area contributed by atoms with Crippen LogP contribution in [-0.2, 0) is 21.4 Å². The fraction of sp³-hybridized carbons (Fsp3) is 0.300. The minimum Gasteiger partial charge on any atom is -0.508 e. The molecule has 1 fully saturated rings. The molecular formula is C20H22N2O3. The van der Waals surface area contributed by atoms with Gasteiger partial charge in [0.2, 0.25) is 11.8 Å². The predicted octanol–water partition coefficient (Wildman–Crippen LogP) is 1.90. The number of benzene rings is 2. The summed E-state index contributed by atoms with van der Waals surface area (Å²) in [4.78, 5) is 26.6. The first-order chi connectivity index (χ1) is 11.9. The maximum absolute atomic E-state index is 12.7. The molecular weight excluding hydrogens is 316 g/mol. The van der Waals surface area contributed by atoms with Crippen molar-refractivity contribution in [2.24, 2.45) is 5.73 Å². The molecule has 130 valence electrons. The Kier molecular flexibility index (Phi) is 4.49. The highest BCUT2D eigenvalue weighted by Crippen LogP contribution is 2.34. The minimum absolute atomic E-state index is 0.0344. The highest BCUT2D eigenvalue weighted by Gasteiger charge is 2.45. The Morgan fingerprint density at radius 1 is 1.20 bits per heavy atom. The third kappa shape index (κ3) is 3.22. The molecule has 0 aromatic heterocycles. The highest BCUT2D eigenvalue weighted by atomic mass is 16.3. The second-order valence-corrected chi connectivity index (χ2v) is 6.67. The van der Waals surface area contributed by atoms with Crippen LogP contribution in [0.15, 0.2) is 48.5 Å². The Hall–Kier alpha value is -2.82. The summed E-state index contributed by atoms with van der Waals surface area (Å²) in [6.45, 7) is 2.68. The van der Waals surface area contributed by atoms with E-state index >= 15 is 0 Å². The fourth-order valence-electron chi connectivity index (χ4n) is 3.51. The van der Waals surface area contributed by atoms with Crippen molar-refractivity contribution >= 4 is 11.8 Å². The molecule has 0 bridgehead atoms. The SMILES string of the molecule is Cc1cc(O)ccc1CC(=O)N1CCC(C(N)=O)(c2ccccc2)C1. The summed E-state index contributed by atoms with van der Waals surface area (Å²) >= 11 is 0. The van der Waals surface area contributed by atoms with Gasteiger partial charge in [0.25, 0.3) is 0 Å². The Morgan fingerprint density at radius 3 is 2.56 bits per heavy atom. The van der Waals surface area contributed by atoms with E-state index in [2.05, 4.69) is 0 Å². The second kappa shape index (κ2) is 6.59. The van der Waals surface area contributed by atoms with Gasteiger partial charge >= 0.3 is 0 Å². The van der Waals surface area contributed by atoms with E-state index < -0.39 is 11.3 Å². The molecule has 2 aromatic carbocycles. The zero-order valence-corrected chi connectivity index (χ0v) is 14.2. The van der Waals surface area contributed by atoms with Crippen molar-refractivity contribution < 1.29 is 14.7 Å². The lowest BCUT2D eigenvalue weighted by Crippen LogP contribution is -2.44. The summed E-state index contributed by atoms with van der Waals surface area (Å²) in [6.07, 6.45) is 0.780. The fourth-order valence-corrected chi connectivity index (χ4v) is 3.51. The average molecular weight is 338 g/mol. The number of nitrogens with two attached hydrogens (primary N) is 1. The summed E-state index contributed by atoms with van der Waals surface area (Å²) in [5.74, 6) is -0.241. The lowest BCUT2D eigenvalue weighted by Gasteiger charge is -2.26. The van der Waals surface area contributed by atoms with Crippen molar-refractivity contribution in [3.8, 4) is 5.75 Å². The topological polar surface area (TPSA) is 83.6 Å². The van der Waals surface area contributed by atoms with Gasteiger partial charge in [-0.1, -0.05) is 36.4 Å². The number of carbonyl (C=O) groups is 2. The summed E-state index contributed by atoms with van der Waals surface area (Å²) in [5, 5.41) is 9.49. The van der Waals surface area contributed by atoms with Crippen molar-refractivity contribution in [2.45, 2.75) is 25.2 Å². The molecule has 2 aromatic rings. The van der Waals surface area contributed by atoms with Gasteiger partial charge in [0, 0.05) is 13.1 Å². The van der Waals surface area contributed by atoms with Crippen molar-refractivity contribution in [1.82, 2.24) is 4.90 Å². The first-order valence-electron chi connectivity index (χ1n) is 8.34. The summed E-state index contributed by atoms with van der Waals surface area (Å²) in [5.41, 5.74) is 7.50. The van der Waals surface area contributed by atoms with Crippen LogP contribution in [0.4, 0.5) is 0 Å². The molecule has 0 radical (unpaired) electrons. The smallest absolute Gasteiger partial charge is 0.229 e. The third-order valence-corrected chi connectivity index (χ3v) is 5.09. The monoisotopic (exact) mass is 338 g/mol. The maximum atomic E-state index is 12.7. The third-order valence-electron chi connectivity index (χ3n) is 5.09. The largest absolute Gasteiger partial charge is 0.508 e. The first kappa shape index (κ1) is 17.0. The molecule has 25 heavy (non-hydrogen) atoms. The standard InChI is InChI=1S/C20H22N2O3/c1-14-11-17(23)8-7-15(14)12-18(24)22-10-9-20(13-22,19(21)25)16-5-3-2-4-6-16/h2-8,11,23H,9-10,12-13H2,1H3,(H2,21,25). The lowest BCUT2D eigenvalue weighted by atomic mass is 9.79. The molecule has 1 heterocycles. The van der Waals surface area contributed by atoms with E-state index in [0.29, 0.717) is 19.5 Å². The summed E-state index contributed by atoms with van der Waals surface area (Å²) in [7, 11) is 0. The number of amides is 2. The number of aryl methyl sites for hydroxylation is 1. The molecule has 0 spiro atoms. The van der Waals surface area contributed by atoms with Gasteiger partial charge in [-0.3, -0.25) is 9.59 Å². The van der Waals surface area contributed by atoms with Gasteiger partial charge in [0.05, 0.1) is 11.8 Å². The molecule has 5 nitrogen and oxygen atoms in total. The summed E-state index contributed by atoms with van der Waals surface area (Å²) < 4.78 is 0. The molecule has 1 saturated heterocycles. The van der Waals surface area contributed by atoms with Crippen molar-refractivity contribution in [1.29, 1.82) is 0 Å². The van der Waals surface area contributed by atoms with Crippen LogP contribution in [-0.4, -0.2) is 34.9 Å². The first-order valence-corrected chi connectivity index (χ1v) is 8.34. The van der Waals surface area contributed by atoms with E-state index in [-0.39, 0.29) is 18.1 Å². The number of phenolic OH excluding ortho intramolecular Hbond substituents is 1. The van der Waals surface area contributed by atoms with Crippen LogP contribution in [0.1, 0.15) is 23.1 Å². The van der Waals surface area contributed by atoms with Gasteiger partial charge in [-0.2, -0.15) is 0 Å². The van der Waals surface area contributed by atoms with E-state index in [1.165, 1.54) is 0 Å². The van der Waals surface area contributed by atoms with Gasteiger partial charge < -0.3 is 15.7 Å². The van der Waals surface area contributed by atoms with Gasteiger partial charge in [-0.05, 0) is 42.2 Å². The number of likely N-dealkylation sites (tertiary alicyclic amines) is 1. The zero-order valence-electron chi connectivity index (χ0n) is 14.2. The molecule has 5 heteroatoms. The van der Waals surface area contributed by atoms with Crippen LogP contribution in [0.2, 0.25) is 0 Å².